The second-order valence-electron chi connectivity index (χ2n) is 8.84. The van der Waals surface area contributed by atoms with Gasteiger partial charge in [0, 0.05) is 17.3 Å². The Morgan fingerprint density at radius 1 is 1.18 bits per heavy atom. The largest absolute Gasteiger partial charge is 0.392 e. The molecule has 2 heterocycles. The summed E-state index contributed by atoms with van der Waals surface area (Å²) >= 11 is 0. The average Bonchev–Trinajstić information content (AvgIpc) is 3.46. The van der Waals surface area contributed by atoms with Crippen LogP contribution in [0.25, 0.3) is 33.7 Å². The van der Waals surface area contributed by atoms with Crippen LogP contribution in [-0.4, -0.2) is 35.4 Å². The van der Waals surface area contributed by atoms with E-state index in [1.165, 1.54) is 6.33 Å². The zero-order chi connectivity index (χ0) is 24.5. The summed E-state index contributed by atoms with van der Waals surface area (Å²) in [6.07, 6.45) is 6.41. The lowest BCUT2D eigenvalue weighted by Crippen LogP contribution is -2.23. The van der Waals surface area contributed by atoms with Gasteiger partial charge in [0.2, 0.25) is 0 Å². The van der Waals surface area contributed by atoms with Gasteiger partial charge in [-0.25, -0.2) is 19.6 Å². The first-order chi connectivity index (χ1) is 16.2. The van der Waals surface area contributed by atoms with E-state index in [9.17, 15) is 5.11 Å². The van der Waals surface area contributed by atoms with Gasteiger partial charge in [-0.3, -0.25) is 0 Å². The van der Waals surface area contributed by atoms with E-state index in [2.05, 4.69) is 47.0 Å². The third-order valence-corrected chi connectivity index (χ3v) is 5.38. The van der Waals surface area contributed by atoms with E-state index in [1.807, 2.05) is 36.4 Å². The van der Waals surface area contributed by atoms with Crippen LogP contribution < -0.4 is 11.5 Å². The molecule has 0 amide bonds. The molecule has 0 aliphatic rings. The zero-order valence-electron chi connectivity index (χ0n) is 19.5. The summed E-state index contributed by atoms with van der Waals surface area (Å²) in [7, 11) is 0. The van der Waals surface area contributed by atoms with Crippen molar-refractivity contribution in [3.05, 3.63) is 79.0 Å². The highest BCUT2D eigenvalue weighted by molar-refractivity contribution is 5.88. The Bertz CT molecular complexity index is 1400. The highest BCUT2D eigenvalue weighted by atomic mass is 16.3. The van der Waals surface area contributed by atoms with Crippen LogP contribution in [0.5, 0.6) is 0 Å². The van der Waals surface area contributed by atoms with Crippen LogP contribution in [0.4, 0.5) is 0 Å². The number of hydrogen-bond acceptors (Lipinski definition) is 5. The Labute approximate surface area is 197 Å². The van der Waals surface area contributed by atoms with Crippen molar-refractivity contribution >= 4 is 22.6 Å². The number of nitrogens with two attached hydrogens (primary N) is 2. The lowest BCUT2D eigenvalue weighted by atomic mass is 10.0. The number of allylic oxidation sites excluding steroid dienone is 2. The molecule has 4 rings (SSSR count). The van der Waals surface area contributed by atoms with E-state index in [4.69, 9.17) is 16.5 Å². The molecule has 0 atom stereocenters. The molecule has 0 spiro atoms. The fourth-order valence-electron chi connectivity index (χ4n) is 3.90. The van der Waals surface area contributed by atoms with E-state index in [0.717, 1.165) is 44.8 Å². The number of fused-ring (bicyclic) bond motifs is 1. The standard InChI is InChI=1S/C25H28N8O/c1-5-17(12-29-24(26)27)18-7-9-22-20(11-18)31-23(33(22)25(2,3)4)19-10-16(13-34)6-8-21(19)32-15-28-14-30-32/h5-12,14-15,34H,1,13H2,2-4H3,(H4,26,27,29)/b17-12+. The van der Waals surface area contributed by atoms with Gasteiger partial charge in [0.25, 0.3) is 0 Å². The van der Waals surface area contributed by atoms with Crippen molar-refractivity contribution in [2.24, 2.45) is 16.5 Å². The third kappa shape index (κ3) is 4.33. The minimum Gasteiger partial charge on any atom is -0.392 e. The van der Waals surface area contributed by atoms with Gasteiger partial charge in [-0.2, -0.15) is 5.10 Å². The molecule has 0 bridgehead atoms. The van der Waals surface area contributed by atoms with Gasteiger partial charge in [-0.1, -0.05) is 24.8 Å². The van der Waals surface area contributed by atoms with Gasteiger partial charge in [0.05, 0.1) is 23.3 Å². The maximum absolute atomic E-state index is 9.81. The number of imidazole rings is 1. The number of rotatable bonds is 6. The summed E-state index contributed by atoms with van der Waals surface area (Å²) < 4.78 is 3.89. The fourth-order valence-corrected chi connectivity index (χ4v) is 3.90. The molecule has 5 N–H and O–H groups in total. The third-order valence-electron chi connectivity index (χ3n) is 5.38. The van der Waals surface area contributed by atoms with Gasteiger partial charge in [0.1, 0.15) is 18.5 Å². The van der Waals surface area contributed by atoms with Crippen molar-refractivity contribution < 1.29 is 5.11 Å². The lowest BCUT2D eigenvalue weighted by molar-refractivity contribution is 0.282. The number of hydrogen-bond donors (Lipinski definition) is 3. The summed E-state index contributed by atoms with van der Waals surface area (Å²) in [5.41, 5.74) is 16.5. The minimum absolute atomic E-state index is 0.0240. The summed E-state index contributed by atoms with van der Waals surface area (Å²) in [5, 5.41) is 14.1. The van der Waals surface area contributed by atoms with Gasteiger partial charge in [-0.05, 0) is 61.7 Å². The number of nitrogens with zero attached hydrogens (tertiary/aromatic N) is 6. The minimum atomic E-state index is -0.282. The molecule has 0 aliphatic heterocycles. The molecular formula is C25H28N8O. The summed E-state index contributed by atoms with van der Waals surface area (Å²) in [5.74, 6) is 0.734. The predicted octanol–water partition coefficient (Wildman–Crippen LogP) is 3.33. The highest BCUT2D eigenvalue weighted by Crippen LogP contribution is 2.35. The van der Waals surface area contributed by atoms with Crippen molar-refractivity contribution in [1.29, 1.82) is 0 Å². The maximum atomic E-state index is 9.81. The van der Waals surface area contributed by atoms with Crippen LogP contribution in [0.2, 0.25) is 0 Å². The Morgan fingerprint density at radius 3 is 2.59 bits per heavy atom. The number of aromatic nitrogens is 5. The van der Waals surface area contributed by atoms with Crippen LogP contribution in [-0.2, 0) is 12.1 Å². The molecule has 0 saturated carbocycles. The van der Waals surface area contributed by atoms with Gasteiger partial charge in [0.15, 0.2) is 5.96 Å². The van der Waals surface area contributed by atoms with Gasteiger partial charge in [-0.15, -0.1) is 0 Å². The first kappa shape index (κ1) is 22.9. The van der Waals surface area contributed by atoms with E-state index < -0.39 is 0 Å². The SMILES string of the molecule is C=C/C(=C\N=C(N)N)c1ccc2c(c1)nc(-c1cc(CO)ccc1-n1cncn1)n2C(C)(C)C. The van der Waals surface area contributed by atoms with Crippen LogP contribution >= 0.6 is 0 Å². The molecule has 4 aromatic rings. The predicted molar refractivity (Wildman–Crippen MR) is 135 cm³/mol. The quantitative estimate of drug-likeness (QED) is 0.231. The average molecular weight is 457 g/mol. The topological polar surface area (TPSA) is 133 Å². The molecule has 9 heteroatoms. The Balaban J connectivity index is 2.00. The lowest BCUT2D eigenvalue weighted by Gasteiger charge is -2.25. The molecule has 34 heavy (non-hydrogen) atoms. The first-order valence-electron chi connectivity index (χ1n) is 10.8. The molecule has 2 aromatic carbocycles. The van der Waals surface area contributed by atoms with Gasteiger partial charge < -0.3 is 21.1 Å². The normalized spacial score (nSPS) is 12.2. The second-order valence-corrected chi connectivity index (χ2v) is 8.84. The number of benzene rings is 2. The summed E-state index contributed by atoms with van der Waals surface area (Å²) in [4.78, 5) is 13.1. The van der Waals surface area contributed by atoms with Gasteiger partial charge >= 0.3 is 0 Å². The second kappa shape index (κ2) is 8.95. The molecule has 174 valence electrons. The Morgan fingerprint density at radius 2 is 1.97 bits per heavy atom. The Hall–Kier alpha value is -4.24. The molecular weight excluding hydrogens is 428 g/mol. The highest BCUT2D eigenvalue weighted by Gasteiger charge is 2.25. The first-order valence-corrected chi connectivity index (χ1v) is 10.8. The van der Waals surface area contributed by atoms with Crippen molar-refractivity contribution in [3.8, 4) is 17.1 Å². The molecule has 0 saturated heterocycles. The van der Waals surface area contributed by atoms with E-state index in [-0.39, 0.29) is 18.1 Å². The molecule has 9 nitrogen and oxygen atoms in total. The molecule has 0 aliphatic carbocycles. The summed E-state index contributed by atoms with van der Waals surface area (Å²) in [6.45, 7) is 10.2. The maximum Gasteiger partial charge on any atom is 0.190 e. The monoisotopic (exact) mass is 456 g/mol. The van der Waals surface area contributed by atoms with E-state index in [0.29, 0.717) is 0 Å². The van der Waals surface area contributed by atoms with E-state index in [1.54, 1.807) is 23.3 Å². The number of aliphatic imine (C=N–C) groups is 1. The van der Waals surface area contributed by atoms with Crippen molar-refractivity contribution in [2.75, 3.05) is 0 Å². The number of guanidine groups is 1. The van der Waals surface area contributed by atoms with Crippen LogP contribution in [0.3, 0.4) is 0 Å². The number of aliphatic hydroxyl groups excluding tert-OH is 1. The fraction of sp³-hybridized carbons (Fsp3) is 0.200. The molecule has 0 radical (unpaired) electrons. The van der Waals surface area contributed by atoms with Crippen LogP contribution in [0.1, 0.15) is 31.9 Å². The molecule has 0 fully saturated rings. The smallest absolute Gasteiger partial charge is 0.190 e. The van der Waals surface area contributed by atoms with Crippen molar-refractivity contribution in [1.82, 2.24) is 24.3 Å². The summed E-state index contributed by atoms with van der Waals surface area (Å²) in [6, 6.07) is 11.7. The molecule has 0 unspecified atom stereocenters. The number of aliphatic hydroxyl groups is 1. The van der Waals surface area contributed by atoms with Crippen LogP contribution in [0, 0.1) is 0 Å². The van der Waals surface area contributed by atoms with Crippen LogP contribution in [0.15, 0.2) is 72.9 Å². The van der Waals surface area contributed by atoms with E-state index >= 15 is 0 Å². The molecule has 2 aromatic heterocycles. The van der Waals surface area contributed by atoms with Crippen molar-refractivity contribution in [2.45, 2.75) is 32.9 Å². The Kier molecular flexibility index (Phi) is 6.04. The zero-order valence-corrected chi connectivity index (χ0v) is 19.5. The van der Waals surface area contributed by atoms with Crippen molar-refractivity contribution in [3.63, 3.8) is 0 Å².